The maximum Gasteiger partial charge on any atom is 0.338 e. The van der Waals surface area contributed by atoms with Crippen LogP contribution in [-0.4, -0.2) is 35.7 Å². The Kier molecular flexibility index (Phi) is 6.47. The molecule has 0 bridgehead atoms. The van der Waals surface area contributed by atoms with Gasteiger partial charge in [0.1, 0.15) is 5.03 Å². The van der Waals surface area contributed by atoms with E-state index in [0.29, 0.717) is 16.3 Å². The molecule has 0 saturated heterocycles. The normalized spacial score (nSPS) is 12.1. The number of sulfone groups is 1. The zero-order valence-electron chi connectivity index (χ0n) is 19.0. The van der Waals surface area contributed by atoms with Gasteiger partial charge < -0.3 is 5.11 Å². The number of thioether (sulfide) groups is 1. The molecule has 0 spiro atoms. The Morgan fingerprint density at radius 2 is 1.74 bits per heavy atom. The largest absolute Gasteiger partial charge is 0.478 e. The number of aromatic nitrogens is 2. The fourth-order valence-electron chi connectivity index (χ4n) is 3.62. The first-order valence-corrected chi connectivity index (χ1v) is 13.4. The summed E-state index contributed by atoms with van der Waals surface area (Å²) < 4.78 is 24.0. The van der Waals surface area contributed by atoms with E-state index in [1.807, 2.05) is 48.5 Å². The third-order valence-electron chi connectivity index (χ3n) is 5.94. The molecule has 0 aliphatic heterocycles. The average Bonchev–Trinajstić information content (AvgIpc) is 2.81. The number of hydrogen-bond acceptors (Lipinski definition) is 6. The number of benzene rings is 2. The molecule has 2 heterocycles. The molecular weight excluding hydrogens is 468 g/mol. The van der Waals surface area contributed by atoms with Crippen LogP contribution in [0.5, 0.6) is 0 Å². The van der Waals surface area contributed by atoms with E-state index >= 15 is 0 Å². The highest BCUT2D eigenvalue weighted by Crippen LogP contribution is 2.37. The predicted octanol–water partition coefficient (Wildman–Crippen LogP) is 5.57. The summed E-state index contributed by atoms with van der Waals surface area (Å²) >= 11 is 1.36. The maximum atomic E-state index is 12.5. The highest BCUT2D eigenvalue weighted by molar-refractivity contribution is 7.98. The Morgan fingerprint density at radius 3 is 2.47 bits per heavy atom. The van der Waals surface area contributed by atoms with E-state index in [2.05, 4.69) is 9.97 Å². The van der Waals surface area contributed by atoms with Gasteiger partial charge in [0, 0.05) is 35.4 Å². The zero-order chi connectivity index (χ0) is 24.5. The lowest BCUT2D eigenvalue weighted by Gasteiger charge is -2.24. The summed E-state index contributed by atoms with van der Waals surface area (Å²) in [5.74, 6) is -0.474. The molecule has 0 atom stereocenters. The number of fused-ring (bicyclic) bond motifs is 1. The summed E-state index contributed by atoms with van der Waals surface area (Å²) in [6, 6.07) is 18.6. The molecule has 0 aliphatic rings. The van der Waals surface area contributed by atoms with Crippen molar-refractivity contribution in [1.29, 1.82) is 0 Å². The quantitative estimate of drug-likeness (QED) is 0.337. The summed E-state index contributed by atoms with van der Waals surface area (Å²) in [4.78, 5) is 20.3. The van der Waals surface area contributed by atoms with E-state index in [1.54, 1.807) is 38.4 Å². The van der Waals surface area contributed by atoms with Gasteiger partial charge in [0.05, 0.1) is 15.8 Å². The van der Waals surface area contributed by atoms with Gasteiger partial charge in [-0.25, -0.2) is 18.2 Å². The highest BCUT2D eigenvalue weighted by Gasteiger charge is 2.33. The first kappa shape index (κ1) is 23.9. The second kappa shape index (κ2) is 9.19. The van der Waals surface area contributed by atoms with Crippen LogP contribution in [0.15, 0.2) is 78.1 Å². The van der Waals surface area contributed by atoms with Crippen LogP contribution in [0.2, 0.25) is 0 Å². The standard InChI is InChI=1S/C26H24N2O4S2/c1-26(2,34(3,31)32)20-14-19-9-5-11-27-23(19)22(15-20)18-8-4-7-17(13-18)16-33-24-21(25(29)30)10-6-12-28-24/h4-15H,16H2,1-3H3,(H,29,30). The minimum absolute atomic E-state index is 0.176. The van der Waals surface area contributed by atoms with Crippen LogP contribution >= 0.6 is 11.8 Å². The molecule has 0 amide bonds. The number of hydrogen-bond donors (Lipinski definition) is 1. The zero-order valence-corrected chi connectivity index (χ0v) is 20.7. The molecule has 0 unspecified atom stereocenters. The van der Waals surface area contributed by atoms with Gasteiger partial charge in [-0.05, 0) is 60.9 Å². The van der Waals surface area contributed by atoms with E-state index < -0.39 is 20.6 Å². The van der Waals surface area contributed by atoms with Gasteiger partial charge >= 0.3 is 5.97 Å². The number of aromatic carboxylic acids is 1. The Labute approximate surface area is 203 Å². The molecule has 8 heteroatoms. The first-order valence-electron chi connectivity index (χ1n) is 10.6. The number of carboxylic acids is 1. The summed E-state index contributed by atoms with van der Waals surface area (Å²) in [6.45, 7) is 3.42. The third kappa shape index (κ3) is 4.69. The van der Waals surface area contributed by atoms with Gasteiger partial charge in [0.2, 0.25) is 0 Å². The summed E-state index contributed by atoms with van der Waals surface area (Å²) in [6.07, 6.45) is 4.56. The van der Waals surface area contributed by atoms with Crippen LogP contribution in [0.25, 0.3) is 22.0 Å². The van der Waals surface area contributed by atoms with Crippen molar-refractivity contribution < 1.29 is 18.3 Å². The lowest BCUT2D eigenvalue weighted by molar-refractivity contribution is 0.0692. The van der Waals surface area contributed by atoms with Crippen LogP contribution in [-0.2, 0) is 20.3 Å². The third-order valence-corrected chi connectivity index (χ3v) is 9.11. The number of carbonyl (C=O) groups is 1. The summed E-state index contributed by atoms with van der Waals surface area (Å²) in [5.41, 5.74) is 4.41. The number of rotatable bonds is 7. The van der Waals surface area contributed by atoms with Crippen LogP contribution < -0.4 is 0 Å². The van der Waals surface area contributed by atoms with Gasteiger partial charge in [-0.2, -0.15) is 0 Å². The smallest absolute Gasteiger partial charge is 0.338 e. The van der Waals surface area contributed by atoms with Crippen LogP contribution in [0.4, 0.5) is 0 Å². The van der Waals surface area contributed by atoms with Gasteiger partial charge in [0.15, 0.2) is 9.84 Å². The Bertz CT molecular complexity index is 1500. The number of nitrogens with zero attached hydrogens (tertiary/aromatic N) is 2. The van der Waals surface area contributed by atoms with Crippen LogP contribution in [0.1, 0.15) is 35.3 Å². The minimum Gasteiger partial charge on any atom is -0.478 e. The molecule has 0 aliphatic carbocycles. The van der Waals surface area contributed by atoms with Crippen molar-refractivity contribution in [3.8, 4) is 11.1 Å². The molecule has 174 valence electrons. The molecule has 1 N–H and O–H groups in total. The molecule has 0 fully saturated rings. The van der Waals surface area contributed by atoms with Crippen LogP contribution in [0.3, 0.4) is 0 Å². The van der Waals surface area contributed by atoms with Crippen molar-refractivity contribution in [2.45, 2.75) is 29.4 Å². The second-order valence-corrected chi connectivity index (χ2v) is 12.1. The van der Waals surface area contributed by atoms with Gasteiger partial charge in [0.25, 0.3) is 0 Å². The Balaban J connectivity index is 1.76. The first-order chi connectivity index (χ1) is 16.1. The monoisotopic (exact) mass is 492 g/mol. The van der Waals surface area contributed by atoms with E-state index in [4.69, 9.17) is 0 Å². The molecule has 34 heavy (non-hydrogen) atoms. The van der Waals surface area contributed by atoms with E-state index in [-0.39, 0.29) is 5.56 Å². The van der Waals surface area contributed by atoms with Crippen molar-refractivity contribution in [1.82, 2.24) is 9.97 Å². The van der Waals surface area contributed by atoms with Crippen molar-refractivity contribution in [3.63, 3.8) is 0 Å². The summed E-state index contributed by atoms with van der Waals surface area (Å²) in [7, 11) is -3.36. The lowest BCUT2D eigenvalue weighted by atomic mass is 9.93. The minimum atomic E-state index is -3.36. The second-order valence-electron chi connectivity index (χ2n) is 8.53. The Hall–Kier alpha value is -3.23. The van der Waals surface area contributed by atoms with E-state index in [9.17, 15) is 18.3 Å². The molecule has 4 aromatic rings. The molecule has 0 saturated carbocycles. The maximum absolute atomic E-state index is 12.5. The molecular formula is C26H24N2O4S2. The van der Waals surface area contributed by atoms with Crippen molar-refractivity contribution in [3.05, 3.63) is 89.7 Å². The average molecular weight is 493 g/mol. The molecule has 6 nitrogen and oxygen atoms in total. The Morgan fingerprint density at radius 1 is 1.00 bits per heavy atom. The van der Waals surface area contributed by atoms with E-state index in [0.717, 1.165) is 27.6 Å². The molecule has 2 aromatic carbocycles. The van der Waals surface area contributed by atoms with Crippen molar-refractivity contribution in [2.75, 3.05) is 6.26 Å². The van der Waals surface area contributed by atoms with E-state index in [1.165, 1.54) is 18.0 Å². The lowest BCUT2D eigenvalue weighted by Crippen LogP contribution is -2.28. The fourth-order valence-corrected chi connectivity index (χ4v) is 5.10. The summed E-state index contributed by atoms with van der Waals surface area (Å²) in [5, 5.41) is 10.7. The predicted molar refractivity (Wildman–Crippen MR) is 136 cm³/mol. The molecule has 2 aromatic heterocycles. The number of pyridine rings is 2. The van der Waals surface area contributed by atoms with Gasteiger partial charge in [-0.1, -0.05) is 30.3 Å². The topological polar surface area (TPSA) is 97.2 Å². The van der Waals surface area contributed by atoms with Gasteiger partial charge in [-0.15, -0.1) is 11.8 Å². The van der Waals surface area contributed by atoms with Crippen molar-refractivity contribution in [2.24, 2.45) is 0 Å². The molecule has 0 radical (unpaired) electrons. The molecule has 4 rings (SSSR count). The van der Waals surface area contributed by atoms with Crippen molar-refractivity contribution >= 4 is 38.5 Å². The fraction of sp³-hybridized carbons (Fsp3) is 0.192. The highest BCUT2D eigenvalue weighted by atomic mass is 32.2. The number of carboxylic acid groups (broad SMARTS) is 1. The van der Waals surface area contributed by atoms with Crippen LogP contribution in [0, 0.1) is 0 Å². The van der Waals surface area contributed by atoms with Gasteiger partial charge in [-0.3, -0.25) is 4.98 Å². The SMILES string of the molecule is CC(C)(c1cc(-c2cccc(CSc3ncccc3C(=O)O)c2)c2ncccc2c1)S(C)(=O)=O.